The molecular weight excluding hydrogens is 518 g/mol. The summed E-state index contributed by atoms with van der Waals surface area (Å²) in [6, 6.07) is 8.35. The van der Waals surface area contributed by atoms with E-state index in [-0.39, 0.29) is 40.3 Å². The summed E-state index contributed by atoms with van der Waals surface area (Å²) < 4.78 is 13.3. The molecular formula is C34H41NO6. The molecule has 0 amide bonds. The van der Waals surface area contributed by atoms with Crippen molar-refractivity contribution in [2.45, 2.75) is 94.9 Å². The molecule has 1 aromatic carbocycles. The van der Waals surface area contributed by atoms with E-state index in [9.17, 15) is 19.8 Å². The molecule has 0 radical (unpaired) electrons. The lowest BCUT2D eigenvalue weighted by atomic mass is 9.38. The summed E-state index contributed by atoms with van der Waals surface area (Å²) in [6.45, 7) is 3.59. The van der Waals surface area contributed by atoms with Gasteiger partial charge in [-0.2, -0.15) is 0 Å². The Morgan fingerprint density at radius 3 is 2.56 bits per heavy atom. The Balaban J connectivity index is 1.08. The van der Waals surface area contributed by atoms with Crippen LogP contribution in [0, 0.1) is 34.0 Å². The fraction of sp³-hybridized carbons (Fsp3) is 0.647. The van der Waals surface area contributed by atoms with Crippen molar-refractivity contribution in [3.8, 4) is 0 Å². The molecule has 1 aliphatic heterocycles. The van der Waals surface area contributed by atoms with Gasteiger partial charge >= 0.3 is 0 Å². The normalized spacial score (nSPS) is 50.6. The van der Waals surface area contributed by atoms with Gasteiger partial charge in [0.2, 0.25) is 0 Å². The molecule has 1 aromatic rings. The monoisotopic (exact) mass is 559 g/mol. The number of hydrogen-bond acceptors (Lipinski definition) is 7. The lowest BCUT2D eigenvalue weighted by molar-refractivity contribution is -0.201. The molecule has 7 heteroatoms. The van der Waals surface area contributed by atoms with Crippen molar-refractivity contribution in [3.05, 3.63) is 59.2 Å². The highest BCUT2D eigenvalue weighted by atomic mass is 16.7. The molecule has 7 fully saturated rings. The van der Waals surface area contributed by atoms with Gasteiger partial charge in [-0.05, 0) is 86.3 Å². The summed E-state index contributed by atoms with van der Waals surface area (Å²) in [5, 5.41) is 22.0. The molecule has 0 aromatic heterocycles. The maximum Gasteiger partial charge on any atom is 0.193 e. The molecule has 4 N–H and O–H groups in total. The number of hydrogen-bond donors (Lipinski definition) is 3. The Kier molecular flexibility index (Phi) is 5.33. The van der Waals surface area contributed by atoms with Crippen LogP contribution >= 0.6 is 0 Å². The van der Waals surface area contributed by atoms with Crippen LogP contribution in [0.25, 0.3) is 0 Å². The predicted octanol–water partition coefficient (Wildman–Crippen LogP) is 3.71. The van der Waals surface area contributed by atoms with Crippen LogP contribution in [-0.4, -0.2) is 51.7 Å². The highest BCUT2D eigenvalue weighted by Crippen LogP contribution is 2.71. The largest absolute Gasteiger partial charge is 0.393 e. The maximum absolute atomic E-state index is 13.7. The number of aliphatic hydroxyl groups excluding tert-OH is 2. The minimum absolute atomic E-state index is 0.0122. The summed E-state index contributed by atoms with van der Waals surface area (Å²) in [4.78, 5) is 25.9. The van der Waals surface area contributed by atoms with E-state index < -0.39 is 36.1 Å². The van der Waals surface area contributed by atoms with Crippen molar-refractivity contribution in [1.82, 2.24) is 0 Å². The molecule has 7 nitrogen and oxygen atoms in total. The number of fused-ring (bicyclic) bond motifs is 7. The van der Waals surface area contributed by atoms with Crippen LogP contribution in [0.5, 0.6) is 0 Å². The topological polar surface area (TPSA) is 119 Å². The summed E-state index contributed by atoms with van der Waals surface area (Å²) in [5.74, 6) is -0.167. The highest BCUT2D eigenvalue weighted by molar-refractivity contribution is 6.01. The van der Waals surface area contributed by atoms with Crippen LogP contribution in [0.4, 0.5) is 0 Å². The zero-order chi connectivity index (χ0) is 28.6. The molecule has 1 heterocycles. The number of Topliss-reactive ketones (excluding diaryl/α,β-unsaturated/α-hetero) is 1. The number of ketones is 2. The lowest BCUT2D eigenvalue weighted by Crippen LogP contribution is -2.72. The van der Waals surface area contributed by atoms with Crippen LogP contribution < -0.4 is 5.73 Å². The molecule has 0 spiro atoms. The van der Waals surface area contributed by atoms with Crippen molar-refractivity contribution < 1.29 is 29.3 Å². The molecule has 7 aliphatic carbocycles. The van der Waals surface area contributed by atoms with E-state index in [1.165, 1.54) is 5.56 Å². The van der Waals surface area contributed by atoms with E-state index in [0.717, 1.165) is 49.7 Å². The van der Waals surface area contributed by atoms with Gasteiger partial charge in [-0.3, -0.25) is 9.59 Å². The van der Waals surface area contributed by atoms with E-state index in [0.29, 0.717) is 18.3 Å². The number of carbonyl (C=O) groups excluding carboxylic acids is 2. The SMILES string of the molecule is C[C@]12C=CC(=O)C=C1CC[C@@H]1[C@@H]2[C@@H](O)C[C@@]2(C)[C@H]1C[C@H]1O[C@@H](c3ccc(CC45CC(N)(C4)C5)cc3)O[C@]12C(=O)CO. The molecule has 8 aliphatic rings. The van der Waals surface area contributed by atoms with Gasteiger partial charge in [0.05, 0.1) is 12.2 Å². The quantitative estimate of drug-likeness (QED) is 0.503. The van der Waals surface area contributed by atoms with Gasteiger partial charge in [0.15, 0.2) is 23.5 Å². The number of aliphatic hydroxyl groups is 2. The van der Waals surface area contributed by atoms with E-state index in [1.807, 2.05) is 18.2 Å². The zero-order valence-corrected chi connectivity index (χ0v) is 24.0. The van der Waals surface area contributed by atoms with Gasteiger partial charge in [0.25, 0.3) is 0 Å². The van der Waals surface area contributed by atoms with Crippen LogP contribution in [0.1, 0.15) is 76.2 Å². The summed E-state index contributed by atoms with van der Waals surface area (Å²) in [6.07, 6.45) is 10.5. The third-order valence-electron chi connectivity index (χ3n) is 12.8. The van der Waals surface area contributed by atoms with Crippen molar-refractivity contribution in [1.29, 1.82) is 0 Å². The Morgan fingerprint density at radius 2 is 1.88 bits per heavy atom. The second kappa shape index (κ2) is 8.26. The van der Waals surface area contributed by atoms with E-state index in [4.69, 9.17) is 15.2 Å². The number of nitrogens with two attached hydrogens (primary N) is 1. The van der Waals surface area contributed by atoms with Gasteiger partial charge in [0.1, 0.15) is 6.61 Å². The van der Waals surface area contributed by atoms with Crippen LogP contribution in [0.15, 0.2) is 48.1 Å². The lowest BCUT2D eigenvalue weighted by Gasteiger charge is -2.69. The molecule has 41 heavy (non-hydrogen) atoms. The van der Waals surface area contributed by atoms with Crippen LogP contribution in [0.2, 0.25) is 0 Å². The standard InChI is InChI=1S/C34H41NO6/c1-30-10-9-22(37)11-21(30)7-8-23-24-12-27-34(26(39)15-36,31(24,2)14-25(38)28(23)30)41-29(40-27)20-5-3-19(4-6-20)13-32-16-33(35,17-32)18-32/h3-6,9-11,23-25,27-29,36,38H,7-8,12-18,35H2,1-2H3/t23-,24-,25-,27+,28+,29+,30-,31-,32?,33?,34+/m0/s1. The predicted molar refractivity (Wildman–Crippen MR) is 150 cm³/mol. The first-order valence-corrected chi connectivity index (χ1v) is 15.4. The van der Waals surface area contributed by atoms with Gasteiger partial charge in [-0.1, -0.05) is 49.8 Å². The van der Waals surface area contributed by atoms with Gasteiger partial charge in [-0.15, -0.1) is 0 Å². The van der Waals surface area contributed by atoms with Crippen molar-refractivity contribution in [3.63, 3.8) is 0 Å². The molecule has 9 rings (SSSR count). The smallest absolute Gasteiger partial charge is 0.193 e. The van der Waals surface area contributed by atoms with Gasteiger partial charge in [-0.25, -0.2) is 0 Å². The minimum Gasteiger partial charge on any atom is -0.393 e. The van der Waals surface area contributed by atoms with Crippen molar-refractivity contribution in [2.24, 2.45) is 39.7 Å². The number of benzene rings is 1. The average molecular weight is 560 g/mol. The van der Waals surface area contributed by atoms with E-state index >= 15 is 0 Å². The highest BCUT2D eigenvalue weighted by Gasteiger charge is 2.76. The zero-order valence-electron chi connectivity index (χ0n) is 24.0. The van der Waals surface area contributed by atoms with Crippen molar-refractivity contribution in [2.75, 3.05) is 6.61 Å². The Morgan fingerprint density at radius 1 is 1.15 bits per heavy atom. The molecule has 6 saturated carbocycles. The average Bonchev–Trinajstić information content (AvgIpc) is 3.40. The third kappa shape index (κ3) is 3.33. The second-order valence-corrected chi connectivity index (χ2v) is 15.1. The fourth-order valence-electron chi connectivity index (χ4n) is 11.3. The first kappa shape index (κ1) is 26.5. The van der Waals surface area contributed by atoms with Gasteiger partial charge in [0, 0.05) is 27.9 Å². The Hall–Kier alpha value is -2.16. The number of ether oxygens (including phenoxy) is 2. The van der Waals surface area contributed by atoms with E-state index in [2.05, 4.69) is 26.0 Å². The first-order chi connectivity index (χ1) is 19.4. The first-order valence-electron chi connectivity index (χ1n) is 15.4. The third-order valence-corrected chi connectivity index (χ3v) is 12.8. The van der Waals surface area contributed by atoms with Crippen LogP contribution in [-0.2, 0) is 25.5 Å². The second-order valence-electron chi connectivity index (χ2n) is 15.1. The number of carbonyl (C=O) groups is 2. The number of allylic oxidation sites excluding steroid dienone is 4. The molecule has 218 valence electrons. The van der Waals surface area contributed by atoms with Crippen molar-refractivity contribution >= 4 is 11.6 Å². The Bertz CT molecular complexity index is 1380. The Labute approximate surface area is 241 Å². The number of rotatable bonds is 5. The molecule has 2 bridgehead atoms. The van der Waals surface area contributed by atoms with Gasteiger partial charge < -0.3 is 25.4 Å². The van der Waals surface area contributed by atoms with E-state index in [1.54, 1.807) is 12.2 Å². The maximum atomic E-state index is 13.7. The molecule has 0 unspecified atom stereocenters. The van der Waals surface area contributed by atoms with Crippen LogP contribution in [0.3, 0.4) is 0 Å². The summed E-state index contributed by atoms with van der Waals surface area (Å²) in [5.41, 5.74) is 7.57. The summed E-state index contributed by atoms with van der Waals surface area (Å²) in [7, 11) is 0. The summed E-state index contributed by atoms with van der Waals surface area (Å²) >= 11 is 0. The minimum atomic E-state index is -1.32. The molecule has 9 atom stereocenters. The molecule has 1 saturated heterocycles. The fourth-order valence-corrected chi connectivity index (χ4v) is 11.3.